The van der Waals surface area contributed by atoms with E-state index >= 15 is 0 Å². The average molecular weight is 260 g/mol. The predicted molar refractivity (Wildman–Crippen MR) is 71.7 cm³/mol. The molecular formula is C15H16O4. The van der Waals surface area contributed by atoms with Crippen molar-refractivity contribution in [2.75, 3.05) is 0 Å². The third kappa shape index (κ3) is 2.91. The van der Waals surface area contributed by atoms with E-state index in [1.54, 1.807) is 6.07 Å². The van der Waals surface area contributed by atoms with E-state index in [-0.39, 0.29) is 28.9 Å². The molecule has 0 aliphatic rings. The summed E-state index contributed by atoms with van der Waals surface area (Å²) in [6.07, 6.45) is 0.471. The minimum atomic E-state index is -0.0618. The second-order valence-corrected chi connectivity index (χ2v) is 4.66. The summed E-state index contributed by atoms with van der Waals surface area (Å²) in [6, 6.07) is 8.80. The minimum Gasteiger partial charge on any atom is -0.508 e. The van der Waals surface area contributed by atoms with Crippen molar-refractivity contribution in [2.24, 2.45) is 0 Å². The topological polar surface area (TPSA) is 80.9 Å². The Hall–Kier alpha value is -2.36. The first-order valence-corrected chi connectivity index (χ1v) is 6.00. The van der Waals surface area contributed by atoms with Crippen LogP contribution in [0.1, 0.15) is 24.0 Å². The predicted octanol–water partition coefficient (Wildman–Crippen LogP) is 2.86. The lowest BCUT2D eigenvalue weighted by atomic mass is 9.92. The van der Waals surface area contributed by atoms with Crippen molar-refractivity contribution in [1.82, 2.24) is 0 Å². The van der Waals surface area contributed by atoms with Gasteiger partial charge in [0.2, 0.25) is 0 Å². The normalized spacial score (nSPS) is 12.3. The van der Waals surface area contributed by atoms with Gasteiger partial charge in [-0.1, -0.05) is 13.0 Å². The van der Waals surface area contributed by atoms with Crippen molar-refractivity contribution < 1.29 is 20.4 Å². The van der Waals surface area contributed by atoms with Gasteiger partial charge in [-0.05, 0) is 47.7 Å². The maximum Gasteiger partial charge on any atom is 0.122 e. The molecule has 2 aromatic rings. The lowest BCUT2D eigenvalue weighted by Gasteiger charge is -2.15. The van der Waals surface area contributed by atoms with Gasteiger partial charge in [0.05, 0.1) is 0 Å². The maximum absolute atomic E-state index is 9.79. The Balaban J connectivity index is 2.25. The van der Waals surface area contributed by atoms with E-state index in [9.17, 15) is 20.4 Å². The lowest BCUT2D eigenvalue weighted by molar-refractivity contribution is 0.439. The smallest absolute Gasteiger partial charge is 0.122 e. The summed E-state index contributed by atoms with van der Waals surface area (Å²) in [7, 11) is 0. The molecule has 4 nitrogen and oxygen atoms in total. The van der Waals surface area contributed by atoms with Gasteiger partial charge in [-0.3, -0.25) is 0 Å². The van der Waals surface area contributed by atoms with Gasteiger partial charge in [-0.2, -0.15) is 0 Å². The van der Waals surface area contributed by atoms with Gasteiger partial charge in [0.25, 0.3) is 0 Å². The van der Waals surface area contributed by atoms with Crippen LogP contribution >= 0.6 is 0 Å². The van der Waals surface area contributed by atoms with Gasteiger partial charge in [-0.15, -0.1) is 0 Å². The average Bonchev–Trinajstić information content (AvgIpc) is 2.33. The first-order chi connectivity index (χ1) is 8.97. The molecule has 100 valence electrons. The van der Waals surface area contributed by atoms with E-state index in [0.717, 1.165) is 0 Å². The number of rotatable bonds is 3. The fraction of sp³-hybridized carbons (Fsp3) is 0.200. The van der Waals surface area contributed by atoms with Crippen molar-refractivity contribution in [3.63, 3.8) is 0 Å². The molecule has 1 unspecified atom stereocenters. The molecule has 19 heavy (non-hydrogen) atoms. The number of hydrogen-bond donors (Lipinski definition) is 4. The Morgan fingerprint density at radius 1 is 0.842 bits per heavy atom. The highest BCUT2D eigenvalue weighted by Gasteiger charge is 2.14. The monoisotopic (exact) mass is 260 g/mol. The second kappa shape index (κ2) is 5.10. The van der Waals surface area contributed by atoms with Gasteiger partial charge < -0.3 is 20.4 Å². The number of aromatic hydroxyl groups is 4. The van der Waals surface area contributed by atoms with E-state index < -0.39 is 0 Å². The lowest BCUT2D eigenvalue weighted by Crippen LogP contribution is -1.99. The van der Waals surface area contributed by atoms with Crippen LogP contribution in [0, 0.1) is 0 Å². The van der Waals surface area contributed by atoms with Gasteiger partial charge in [0.1, 0.15) is 23.0 Å². The Morgan fingerprint density at radius 3 is 2.16 bits per heavy atom. The molecular weight excluding hydrogens is 244 g/mol. The molecule has 0 bridgehead atoms. The van der Waals surface area contributed by atoms with E-state index in [0.29, 0.717) is 17.5 Å². The quantitative estimate of drug-likeness (QED) is 0.640. The van der Waals surface area contributed by atoms with Crippen LogP contribution in [0.15, 0.2) is 36.4 Å². The Labute approximate surface area is 111 Å². The highest BCUT2D eigenvalue weighted by molar-refractivity contribution is 5.44. The molecule has 4 heteroatoms. The second-order valence-electron chi connectivity index (χ2n) is 4.66. The van der Waals surface area contributed by atoms with Crippen molar-refractivity contribution in [3.8, 4) is 23.0 Å². The maximum atomic E-state index is 9.79. The zero-order valence-corrected chi connectivity index (χ0v) is 10.5. The molecule has 2 aromatic carbocycles. The number of benzene rings is 2. The molecule has 0 aromatic heterocycles. The summed E-state index contributed by atoms with van der Waals surface area (Å²) < 4.78 is 0. The molecule has 0 heterocycles. The first kappa shape index (κ1) is 13.1. The Bertz CT molecular complexity index is 593. The fourth-order valence-electron chi connectivity index (χ4n) is 2.12. The molecule has 0 saturated carbocycles. The van der Waals surface area contributed by atoms with E-state index in [4.69, 9.17) is 0 Å². The summed E-state index contributed by atoms with van der Waals surface area (Å²) in [4.78, 5) is 0. The number of phenolic OH excluding ortho intramolecular Hbond substituents is 4. The van der Waals surface area contributed by atoms with Crippen LogP contribution < -0.4 is 0 Å². The summed E-state index contributed by atoms with van der Waals surface area (Å²) in [5, 5.41) is 38.2. The van der Waals surface area contributed by atoms with Crippen molar-refractivity contribution in [1.29, 1.82) is 0 Å². The molecule has 0 radical (unpaired) electrons. The first-order valence-electron chi connectivity index (χ1n) is 6.00. The Kier molecular flexibility index (Phi) is 3.51. The van der Waals surface area contributed by atoms with Crippen LogP contribution in [0.5, 0.6) is 23.0 Å². The minimum absolute atomic E-state index is 0.00801. The third-order valence-electron chi connectivity index (χ3n) is 3.13. The highest BCUT2D eigenvalue weighted by Crippen LogP contribution is 2.33. The third-order valence-corrected chi connectivity index (χ3v) is 3.13. The summed E-state index contributed by atoms with van der Waals surface area (Å²) in [5.74, 6) is 0.173. The van der Waals surface area contributed by atoms with Gasteiger partial charge in [0, 0.05) is 6.07 Å². The van der Waals surface area contributed by atoms with Crippen LogP contribution in [-0.2, 0) is 6.42 Å². The molecule has 0 aliphatic heterocycles. The van der Waals surface area contributed by atoms with Crippen molar-refractivity contribution >= 4 is 0 Å². The van der Waals surface area contributed by atoms with Crippen LogP contribution in [0.2, 0.25) is 0 Å². The van der Waals surface area contributed by atoms with Crippen LogP contribution in [0.25, 0.3) is 0 Å². The van der Waals surface area contributed by atoms with Crippen LogP contribution in [0.3, 0.4) is 0 Å². The number of hydrogen-bond acceptors (Lipinski definition) is 4. The molecule has 0 fully saturated rings. The standard InChI is InChI=1S/C15H16O4/c1-9(13-4-2-12(17)8-15(13)19)6-10-7-11(16)3-5-14(10)18/h2-5,7-9,16-19H,6H2,1H3. The molecule has 0 spiro atoms. The van der Waals surface area contributed by atoms with Gasteiger partial charge >= 0.3 is 0 Å². The zero-order chi connectivity index (χ0) is 14.0. The largest absolute Gasteiger partial charge is 0.508 e. The SMILES string of the molecule is CC(Cc1cc(O)ccc1O)c1ccc(O)cc1O. The summed E-state index contributed by atoms with van der Waals surface area (Å²) in [5.41, 5.74) is 1.29. The molecule has 0 aliphatic carbocycles. The number of phenols is 4. The van der Waals surface area contributed by atoms with Gasteiger partial charge in [-0.25, -0.2) is 0 Å². The summed E-state index contributed by atoms with van der Waals surface area (Å²) in [6.45, 7) is 1.90. The molecule has 0 saturated heterocycles. The molecule has 4 N–H and O–H groups in total. The summed E-state index contributed by atoms with van der Waals surface area (Å²) >= 11 is 0. The fourth-order valence-corrected chi connectivity index (χ4v) is 2.12. The van der Waals surface area contributed by atoms with E-state index in [1.807, 2.05) is 6.92 Å². The molecule has 2 rings (SSSR count). The van der Waals surface area contributed by atoms with Crippen molar-refractivity contribution in [3.05, 3.63) is 47.5 Å². The molecule has 1 atom stereocenters. The highest BCUT2D eigenvalue weighted by atomic mass is 16.3. The van der Waals surface area contributed by atoms with Crippen LogP contribution in [-0.4, -0.2) is 20.4 Å². The van der Waals surface area contributed by atoms with Gasteiger partial charge in [0.15, 0.2) is 0 Å². The zero-order valence-electron chi connectivity index (χ0n) is 10.5. The van der Waals surface area contributed by atoms with Crippen molar-refractivity contribution in [2.45, 2.75) is 19.3 Å². The molecule has 0 amide bonds. The van der Waals surface area contributed by atoms with Crippen LogP contribution in [0.4, 0.5) is 0 Å². The van der Waals surface area contributed by atoms with E-state index in [2.05, 4.69) is 0 Å². The Morgan fingerprint density at radius 2 is 1.47 bits per heavy atom. The van der Waals surface area contributed by atoms with E-state index in [1.165, 1.54) is 30.3 Å².